The number of ether oxygens (including phenoxy) is 2. The summed E-state index contributed by atoms with van der Waals surface area (Å²) in [5.74, 6) is -0.395. The molecule has 0 amide bonds. The van der Waals surface area contributed by atoms with Gasteiger partial charge >= 0.3 is 11.9 Å². The van der Waals surface area contributed by atoms with Crippen LogP contribution in [0.2, 0.25) is 0 Å². The first-order valence-corrected chi connectivity index (χ1v) is 6.90. The second-order valence-electron chi connectivity index (χ2n) is 4.95. The fraction of sp³-hybridized carbons (Fsp3) is 0.167. The molecule has 0 N–H and O–H groups in total. The van der Waals surface area contributed by atoms with Gasteiger partial charge in [-0.1, -0.05) is 50.2 Å². The molecular formula is C18H17O4. The highest BCUT2D eigenvalue weighted by molar-refractivity contribution is 5.91. The van der Waals surface area contributed by atoms with E-state index >= 15 is 0 Å². The van der Waals surface area contributed by atoms with Gasteiger partial charge in [0, 0.05) is 0 Å². The number of rotatable bonds is 5. The number of hydrogen-bond acceptors (Lipinski definition) is 4. The Hall–Kier alpha value is -2.62. The van der Waals surface area contributed by atoms with Crippen LogP contribution in [0.5, 0.6) is 0 Å². The van der Waals surface area contributed by atoms with Gasteiger partial charge in [0.2, 0.25) is 0 Å². The average molecular weight is 297 g/mol. The molecule has 113 valence electrons. The molecule has 0 aliphatic rings. The molecule has 22 heavy (non-hydrogen) atoms. The fourth-order valence-electron chi connectivity index (χ4n) is 1.74. The van der Waals surface area contributed by atoms with Crippen molar-refractivity contribution in [3.8, 4) is 0 Å². The minimum atomic E-state index is -1.01. The number of carbonyl (C=O) groups is 2. The van der Waals surface area contributed by atoms with Crippen LogP contribution in [0.1, 0.15) is 34.6 Å². The Bertz CT molecular complexity index is 567. The SMILES string of the molecule is C[C](C)C(OC(=O)c1ccccc1)OC(=O)c1ccccc1. The molecule has 0 aliphatic heterocycles. The van der Waals surface area contributed by atoms with E-state index in [0.717, 1.165) is 0 Å². The van der Waals surface area contributed by atoms with Gasteiger partial charge < -0.3 is 9.47 Å². The Morgan fingerprint density at radius 3 is 1.41 bits per heavy atom. The van der Waals surface area contributed by atoms with E-state index < -0.39 is 18.2 Å². The first-order valence-electron chi connectivity index (χ1n) is 6.90. The third-order valence-electron chi connectivity index (χ3n) is 2.92. The number of hydrogen-bond donors (Lipinski definition) is 0. The fourth-order valence-corrected chi connectivity index (χ4v) is 1.74. The van der Waals surface area contributed by atoms with E-state index in [4.69, 9.17) is 9.47 Å². The van der Waals surface area contributed by atoms with E-state index in [1.807, 2.05) is 0 Å². The summed E-state index contributed by atoms with van der Waals surface area (Å²) in [5.41, 5.74) is 0.814. The minimum absolute atomic E-state index is 0.407. The van der Waals surface area contributed by atoms with Crippen LogP contribution >= 0.6 is 0 Å². The molecule has 2 aromatic carbocycles. The predicted octanol–water partition coefficient (Wildman–Crippen LogP) is 3.64. The normalized spacial score (nSPS) is 10.5. The van der Waals surface area contributed by atoms with Gasteiger partial charge in [0.1, 0.15) is 0 Å². The zero-order valence-corrected chi connectivity index (χ0v) is 12.5. The lowest BCUT2D eigenvalue weighted by atomic mass is 10.2. The molecule has 0 unspecified atom stereocenters. The van der Waals surface area contributed by atoms with Gasteiger partial charge in [-0.25, -0.2) is 9.59 Å². The maximum atomic E-state index is 12.1. The molecule has 0 heterocycles. The Labute approximate surface area is 129 Å². The first-order chi connectivity index (χ1) is 10.6. The minimum Gasteiger partial charge on any atom is -0.421 e. The molecule has 2 aromatic rings. The summed E-state index contributed by atoms with van der Waals surface area (Å²) >= 11 is 0. The van der Waals surface area contributed by atoms with Crippen LogP contribution in [0.25, 0.3) is 0 Å². The molecule has 4 nitrogen and oxygen atoms in total. The molecule has 0 spiro atoms. The lowest BCUT2D eigenvalue weighted by molar-refractivity contribution is -0.0703. The van der Waals surface area contributed by atoms with Gasteiger partial charge in [-0.15, -0.1) is 0 Å². The molecule has 1 radical (unpaired) electrons. The first kappa shape index (κ1) is 15.8. The summed E-state index contributed by atoms with van der Waals surface area (Å²) < 4.78 is 10.5. The smallest absolute Gasteiger partial charge is 0.341 e. The monoisotopic (exact) mass is 297 g/mol. The largest absolute Gasteiger partial charge is 0.421 e. The van der Waals surface area contributed by atoms with E-state index in [1.165, 1.54) is 0 Å². The standard InChI is InChI=1S/C18H17O4/c1-13(2)18(21-16(19)14-9-5-3-6-10-14)22-17(20)15-11-7-4-8-12-15/h3-12,18H,1-2H3. The highest BCUT2D eigenvalue weighted by atomic mass is 16.7. The number of benzene rings is 2. The number of carbonyl (C=O) groups excluding carboxylic acids is 2. The van der Waals surface area contributed by atoms with Gasteiger partial charge in [0.15, 0.2) is 0 Å². The van der Waals surface area contributed by atoms with Gasteiger partial charge in [-0.2, -0.15) is 0 Å². The van der Waals surface area contributed by atoms with Crippen molar-refractivity contribution in [1.82, 2.24) is 0 Å². The molecule has 0 saturated heterocycles. The lowest BCUT2D eigenvalue weighted by Gasteiger charge is -2.21. The highest BCUT2D eigenvalue weighted by Gasteiger charge is 2.24. The Morgan fingerprint density at radius 2 is 1.09 bits per heavy atom. The average Bonchev–Trinajstić information content (AvgIpc) is 2.55. The van der Waals surface area contributed by atoms with Crippen LogP contribution in [-0.4, -0.2) is 18.2 Å². The second-order valence-corrected chi connectivity index (χ2v) is 4.95. The van der Waals surface area contributed by atoms with Crippen LogP contribution in [0.4, 0.5) is 0 Å². The summed E-state index contributed by atoms with van der Waals surface area (Å²) in [6.45, 7) is 3.47. The van der Waals surface area contributed by atoms with E-state index in [-0.39, 0.29) is 0 Å². The molecule has 0 bridgehead atoms. The van der Waals surface area contributed by atoms with Crippen LogP contribution in [-0.2, 0) is 9.47 Å². The van der Waals surface area contributed by atoms with Gasteiger partial charge in [-0.05, 0) is 24.3 Å². The summed E-state index contributed by atoms with van der Waals surface area (Å²) in [6.07, 6.45) is -1.01. The van der Waals surface area contributed by atoms with Crippen LogP contribution < -0.4 is 0 Å². The van der Waals surface area contributed by atoms with Crippen LogP contribution in [0.3, 0.4) is 0 Å². The summed E-state index contributed by atoms with van der Waals surface area (Å²) in [4.78, 5) is 24.1. The molecule has 0 fully saturated rings. The van der Waals surface area contributed by atoms with Gasteiger partial charge in [0.05, 0.1) is 17.0 Å². The van der Waals surface area contributed by atoms with Crippen molar-refractivity contribution in [2.75, 3.05) is 0 Å². The zero-order valence-electron chi connectivity index (χ0n) is 12.5. The van der Waals surface area contributed by atoms with Crippen molar-refractivity contribution in [3.63, 3.8) is 0 Å². The van der Waals surface area contributed by atoms with Crippen molar-refractivity contribution in [3.05, 3.63) is 77.7 Å². The van der Waals surface area contributed by atoms with E-state index in [9.17, 15) is 9.59 Å². The van der Waals surface area contributed by atoms with Gasteiger partial charge in [0.25, 0.3) is 6.29 Å². The summed E-state index contributed by atoms with van der Waals surface area (Å²) in [7, 11) is 0. The van der Waals surface area contributed by atoms with Crippen molar-refractivity contribution in [1.29, 1.82) is 0 Å². The third kappa shape index (κ3) is 4.19. The molecule has 0 aromatic heterocycles. The van der Waals surface area contributed by atoms with Gasteiger partial charge in [-0.3, -0.25) is 0 Å². The van der Waals surface area contributed by atoms with Crippen molar-refractivity contribution in [2.24, 2.45) is 0 Å². The molecule has 2 rings (SSSR count). The molecular weight excluding hydrogens is 280 g/mol. The number of esters is 2. The van der Waals surface area contributed by atoms with E-state index in [1.54, 1.807) is 74.5 Å². The Balaban J connectivity index is 2.04. The van der Waals surface area contributed by atoms with Crippen molar-refractivity contribution >= 4 is 11.9 Å². The Kier molecular flexibility index (Phi) is 5.31. The zero-order chi connectivity index (χ0) is 15.9. The molecule has 0 aliphatic carbocycles. The molecule has 0 saturated carbocycles. The van der Waals surface area contributed by atoms with E-state index in [2.05, 4.69) is 0 Å². The van der Waals surface area contributed by atoms with Crippen LogP contribution in [0.15, 0.2) is 60.7 Å². The lowest BCUT2D eigenvalue weighted by Crippen LogP contribution is -2.28. The summed E-state index contributed by atoms with van der Waals surface area (Å²) in [5, 5.41) is 0. The predicted molar refractivity (Wildman–Crippen MR) is 82.1 cm³/mol. The van der Waals surface area contributed by atoms with Crippen LogP contribution in [0, 0.1) is 5.92 Å². The highest BCUT2D eigenvalue weighted by Crippen LogP contribution is 2.16. The topological polar surface area (TPSA) is 52.6 Å². The van der Waals surface area contributed by atoms with Crippen molar-refractivity contribution < 1.29 is 19.1 Å². The second kappa shape index (κ2) is 7.41. The quantitative estimate of drug-likeness (QED) is 0.624. The van der Waals surface area contributed by atoms with E-state index in [0.29, 0.717) is 17.0 Å². The maximum Gasteiger partial charge on any atom is 0.341 e. The molecule has 4 heteroatoms. The third-order valence-corrected chi connectivity index (χ3v) is 2.92. The molecule has 0 atom stereocenters. The van der Waals surface area contributed by atoms with Crippen molar-refractivity contribution in [2.45, 2.75) is 20.1 Å². The summed E-state index contributed by atoms with van der Waals surface area (Å²) in [6, 6.07) is 17.1. The Morgan fingerprint density at radius 1 is 0.727 bits per heavy atom. The maximum absolute atomic E-state index is 12.1.